The summed E-state index contributed by atoms with van der Waals surface area (Å²) in [4.78, 5) is 26.6. The first-order chi connectivity index (χ1) is 14.4. The van der Waals surface area contributed by atoms with Crippen molar-refractivity contribution in [1.29, 1.82) is 0 Å². The van der Waals surface area contributed by atoms with Crippen molar-refractivity contribution in [3.63, 3.8) is 0 Å². The van der Waals surface area contributed by atoms with Gasteiger partial charge in [-0.15, -0.1) is 0 Å². The zero-order chi connectivity index (χ0) is 21.3. The topological polar surface area (TPSA) is 80.0 Å². The van der Waals surface area contributed by atoms with E-state index in [9.17, 15) is 14.7 Å². The Morgan fingerprint density at radius 1 is 1.30 bits per heavy atom. The lowest BCUT2D eigenvalue weighted by atomic mass is 9.71. The van der Waals surface area contributed by atoms with Crippen LogP contribution in [0, 0.1) is 12.8 Å². The molecule has 0 unspecified atom stereocenters. The number of hydrogen-bond acceptors (Lipinski definition) is 5. The van der Waals surface area contributed by atoms with Crippen LogP contribution in [0.4, 0.5) is 0 Å². The smallest absolute Gasteiger partial charge is 0.336 e. The van der Waals surface area contributed by atoms with Crippen molar-refractivity contribution in [3.8, 4) is 5.75 Å². The molecule has 1 aliphatic heterocycles. The molecule has 1 aromatic heterocycles. The van der Waals surface area contributed by atoms with E-state index in [-0.39, 0.29) is 24.1 Å². The third kappa shape index (κ3) is 4.10. The first kappa shape index (κ1) is 20.9. The van der Waals surface area contributed by atoms with Gasteiger partial charge in [-0.05, 0) is 55.9 Å². The van der Waals surface area contributed by atoms with Crippen LogP contribution in [0.3, 0.4) is 0 Å². The van der Waals surface area contributed by atoms with Crippen LogP contribution in [0.1, 0.15) is 56.6 Å². The lowest BCUT2D eigenvalue weighted by Crippen LogP contribution is -2.55. The van der Waals surface area contributed by atoms with E-state index in [0.717, 1.165) is 55.0 Å². The van der Waals surface area contributed by atoms with Gasteiger partial charge in [0.1, 0.15) is 11.3 Å². The molecule has 4 rings (SSSR count). The number of carbonyl (C=O) groups excluding carboxylic acids is 1. The van der Waals surface area contributed by atoms with Gasteiger partial charge in [0.05, 0.1) is 11.0 Å². The summed E-state index contributed by atoms with van der Waals surface area (Å²) < 4.78 is 11.4. The summed E-state index contributed by atoms with van der Waals surface area (Å²) in [5.41, 5.74) is 1.32. The monoisotopic (exact) mass is 413 g/mol. The molecule has 30 heavy (non-hydrogen) atoms. The Bertz CT molecular complexity index is 997. The molecule has 2 heterocycles. The van der Waals surface area contributed by atoms with Crippen molar-refractivity contribution in [1.82, 2.24) is 4.90 Å². The van der Waals surface area contributed by atoms with E-state index < -0.39 is 5.60 Å². The number of ether oxygens (including phenoxy) is 1. The van der Waals surface area contributed by atoms with E-state index in [2.05, 4.69) is 6.92 Å². The second-order valence-electron chi connectivity index (χ2n) is 8.90. The number of hydrogen-bond donors (Lipinski definition) is 1. The van der Waals surface area contributed by atoms with Crippen LogP contribution >= 0.6 is 0 Å². The standard InChI is InChI=1S/C24H31NO5/c1-3-6-17-13-22(27)30-20-12-16(2)11-19(23(17)20)29-15-21(26)25-10-9-24(28)8-5-4-7-18(24)14-25/h11-13,18,28H,3-10,14-15H2,1-2H3/t18-,24-/m1/s1. The molecule has 1 aliphatic carbocycles. The minimum atomic E-state index is -0.602. The maximum Gasteiger partial charge on any atom is 0.336 e. The highest BCUT2D eigenvalue weighted by Crippen LogP contribution is 2.39. The second kappa shape index (κ2) is 8.42. The Balaban J connectivity index is 1.52. The Morgan fingerprint density at radius 2 is 2.13 bits per heavy atom. The van der Waals surface area contributed by atoms with Crippen molar-refractivity contribution in [3.05, 3.63) is 39.7 Å². The molecule has 1 N–H and O–H groups in total. The Kier molecular flexibility index (Phi) is 5.87. The van der Waals surface area contributed by atoms with Gasteiger partial charge in [-0.1, -0.05) is 26.2 Å². The molecule has 0 radical (unpaired) electrons. The first-order valence-electron chi connectivity index (χ1n) is 11.1. The highest BCUT2D eigenvalue weighted by Gasteiger charge is 2.43. The van der Waals surface area contributed by atoms with Crippen LogP contribution in [0.15, 0.2) is 27.4 Å². The molecule has 1 aromatic carbocycles. The Labute approximate surface area is 176 Å². The van der Waals surface area contributed by atoms with Gasteiger partial charge >= 0.3 is 5.63 Å². The van der Waals surface area contributed by atoms with Gasteiger partial charge in [0, 0.05) is 25.1 Å². The number of carbonyl (C=O) groups is 1. The van der Waals surface area contributed by atoms with Crippen molar-refractivity contribution in [2.45, 2.75) is 64.4 Å². The molecule has 162 valence electrons. The van der Waals surface area contributed by atoms with Gasteiger partial charge < -0.3 is 19.2 Å². The van der Waals surface area contributed by atoms with E-state index in [1.54, 1.807) is 0 Å². The molecule has 1 amide bonds. The quantitative estimate of drug-likeness (QED) is 0.758. The lowest BCUT2D eigenvalue weighted by molar-refractivity contribution is -0.145. The third-order valence-electron chi connectivity index (χ3n) is 6.68. The zero-order valence-corrected chi connectivity index (χ0v) is 17.9. The third-order valence-corrected chi connectivity index (χ3v) is 6.68. The summed E-state index contributed by atoms with van der Waals surface area (Å²) in [5, 5.41) is 11.6. The largest absolute Gasteiger partial charge is 0.483 e. The molecule has 1 saturated heterocycles. The van der Waals surface area contributed by atoms with Crippen LogP contribution in [-0.2, 0) is 11.2 Å². The van der Waals surface area contributed by atoms with Crippen LogP contribution < -0.4 is 10.4 Å². The van der Waals surface area contributed by atoms with Crippen LogP contribution in [0.5, 0.6) is 5.75 Å². The summed E-state index contributed by atoms with van der Waals surface area (Å²) in [7, 11) is 0. The fourth-order valence-electron chi connectivity index (χ4n) is 5.08. The number of rotatable bonds is 5. The first-order valence-corrected chi connectivity index (χ1v) is 11.1. The fourth-order valence-corrected chi connectivity index (χ4v) is 5.08. The molecule has 2 aromatic rings. The van der Waals surface area contributed by atoms with Crippen molar-refractivity contribution < 1.29 is 19.1 Å². The normalized spacial score (nSPS) is 24.0. The molecular weight excluding hydrogens is 382 g/mol. The molecule has 2 aliphatic rings. The summed E-state index contributed by atoms with van der Waals surface area (Å²) in [6, 6.07) is 5.24. The zero-order valence-electron chi connectivity index (χ0n) is 17.9. The predicted molar refractivity (Wildman–Crippen MR) is 115 cm³/mol. The highest BCUT2D eigenvalue weighted by molar-refractivity contribution is 5.88. The van der Waals surface area contributed by atoms with Crippen LogP contribution in [0.2, 0.25) is 0 Å². The van der Waals surface area contributed by atoms with Gasteiger partial charge in [0.15, 0.2) is 6.61 Å². The summed E-state index contributed by atoms with van der Waals surface area (Å²) in [5.74, 6) is 0.678. The van der Waals surface area contributed by atoms with Crippen molar-refractivity contribution in [2.24, 2.45) is 5.92 Å². The number of benzene rings is 1. The van der Waals surface area contributed by atoms with E-state index in [0.29, 0.717) is 30.8 Å². The minimum Gasteiger partial charge on any atom is -0.483 e. The van der Waals surface area contributed by atoms with Crippen LogP contribution in [0.25, 0.3) is 11.0 Å². The summed E-state index contributed by atoms with van der Waals surface area (Å²) in [6.07, 6.45) is 6.28. The molecular formula is C24H31NO5. The molecule has 2 fully saturated rings. The van der Waals surface area contributed by atoms with Gasteiger partial charge in [-0.3, -0.25) is 4.79 Å². The van der Waals surface area contributed by atoms with Gasteiger partial charge in [-0.25, -0.2) is 4.79 Å². The van der Waals surface area contributed by atoms with E-state index in [4.69, 9.17) is 9.15 Å². The SMILES string of the molecule is CCCc1cc(=O)oc2cc(C)cc(OCC(=O)N3CC[C@]4(O)CCCC[C@@H]4C3)c12. The van der Waals surface area contributed by atoms with Gasteiger partial charge in [-0.2, -0.15) is 0 Å². The summed E-state index contributed by atoms with van der Waals surface area (Å²) >= 11 is 0. The maximum atomic E-state index is 12.9. The van der Waals surface area contributed by atoms with E-state index >= 15 is 0 Å². The fraction of sp³-hybridized carbons (Fsp3) is 0.583. The lowest BCUT2D eigenvalue weighted by Gasteiger charge is -2.47. The molecule has 0 bridgehead atoms. The molecule has 6 heteroatoms. The van der Waals surface area contributed by atoms with E-state index in [1.807, 2.05) is 24.0 Å². The molecule has 1 saturated carbocycles. The van der Waals surface area contributed by atoms with Gasteiger partial charge in [0.2, 0.25) is 0 Å². The number of likely N-dealkylation sites (tertiary alicyclic amines) is 1. The molecule has 6 nitrogen and oxygen atoms in total. The Morgan fingerprint density at radius 3 is 2.93 bits per heavy atom. The minimum absolute atomic E-state index is 0.0611. The molecule has 2 atom stereocenters. The van der Waals surface area contributed by atoms with E-state index in [1.165, 1.54) is 6.07 Å². The predicted octanol–water partition coefficient (Wildman–Crippen LogP) is 3.59. The maximum absolute atomic E-state index is 12.9. The number of amides is 1. The Hall–Kier alpha value is -2.34. The van der Waals surface area contributed by atoms with Gasteiger partial charge in [0.25, 0.3) is 5.91 Å². The number of fused-ring (bicyclic) bond motifs is 2. The number of aryl methyl sites for hydroxylation is 2. The molecule has 0 spiro atoms. The average molecular weight is 414 g/mol. The highest BCUT2D eigenvalue weighted by atomic mass is 16.5. The second-order valence-corrected chi connectivity index (χ2v) is 8.90. The van der Waals surface area contributed by atoms with Crippen molar-refractivity contribution >= 4 is 16.9 Å². The number of piperidine rings is 1. The number of aliphatic hydroxyl groups is 1. The summed E-state index contributed by atoms with van der Waals surface area (Å²) in [6.45, 7) is 5.08. The van der Waals surface area contributed by atoms with Crippen LogP contribution in [-0.4, -0.2) is 41.2 Å². The number of nitrogens with zero attached hydrogens (tertiary/aromatic N) is 1. The average Bonchev–Trinajstić information content (AvgIpc) is 2.70. The van der Waals surface area contributed by atoms with Crippen molar-refractivity contribution in [2.75, 3.05) is 19.7 Å².